The topological polar surface area (TPSA) is 114 Å². The van der Waals surface area contributed by atoms with Gasteiger partial charge in [-0.1, -0.05) is 24.3 Å². The highest BCUT2D eigenvalue weighted by Gasteiger charge is 2.30. The minimum absolute atomic E-state index is 0.0205. The molecular formula is C24H27N5O5S. The van der Waals surface area contributed by atoms with Crippen molar-refractivity contribution in [1.29, 1.82) is 0 Å². The van der Waals surface area contributed by atoms with Gasteiger partial charge in [0.1, 0.15) is 5.69 Å². The van der Waals surface area contributed by atoms with Gasteiger partial charge < -0.3 is 10.2 Å². The number of anilines is 1. The molecule has 0 spiro atoms. The van der Waals surface area contributed by atoms with Crippen LogP contribution in [0, 0.1) is 6.92 Å². The number of aromatic nitrogens is 2. The molecule has 11 heteroatoms. The molecule has 1 fully saturated rings. The van der Waals surface area contributed by atoms with Crippen LogP contribution in [-0.2, 0) is 21.9 Å². The van der Waals surface area contributed by atoms with Crippen molar-refractivity contribution in [1.82, 2.24) is 18.6 Å². The molecule has 0 unspecified atom stereocenters. The fraction of sp³-hybridized carbons (Fsp3) is 0.292. The Balaban J connectivity index is 1.58. The summed E-state index contributed by atoms with van der Waals surface area (Å²) < 4.78 is 30.7. The minimum atomic E-state index is -3.85. The highest BCUT2D eigenvalue weighted by Crippen LogP contribution is 2.20. The molecule has 1 N–H and O–H groups in total. The Morgan fingerprint density at radius 1 is 0.943 bits per heavy atom. The van der Waals surface area contributed by atoms with E-state index in [0.29, 0.717) is 24.5 Å². The summed E-state index contributed by atoms with van der Waals surface area (Å²) in [6, 6.07) is 14.8. The molecule has 2 aromatic carbocycles. The average molecular weight is 498 g/mol. The Morgan fingerprint density at radius 2 is 1.60 bits per heavy atom. The molecule has 1 aliphatic heterocycles. The van der Waals surface area contributed by atoms with E-state index >= 15 is 0 Å². The number of nitrogens with one attached hydrogen (secondary N) is 1. The van der Waals surface area contributed by atoms with E-state index in [4.69, 9.17) is 0 Å². The predicted molar refractivity (Wildman–Crippen MR) is 131 cm³/mol. The maximum absolute atomic E-state index is 13.1. The van der Waals surface area contributed by atoms with Crippen LogP contribution in [0.2, 0.25) is 0 Å². The molecule has 35 heavy (non-hydrogen) atoms. The molecular weight excluding hydrogens is 470 g/mol. The van der Waals surface area contributed by atoms with Crippen molar-refractivity contribution >= 4 is 27.5 Å². The first kappa shape index (κ1) is 24.4. The first-order chi connectivity index (χ1) is 16.6. The van der Waals surface area contributed by atoms with E-state index in [9.17, 15) is 22.8 Å². The van der Waals surface area contributed by atoms with Crippen LogP contribution < -0.4 is 10.9 Å². The largest absolute Gasteiger partial charge is 0.340 e. The lowest BCUT2D eigenvalue weighted by Gasteiger charge is -2.33. The molecule has 0 saturated carbocycles. The minimum Gasteiger partial charge on any atom is -0.340 e. The lowest BCUT2D eigenvalue weighted by Crippen LogP contribution is -2.49. The second-order valence-corrected chi connectivity index (χ2v) is 10.3. The monoisotopic (exact) mass is 497 g/mol. The molecule has 1 aromatic heterocycles. The second kappa shape index (κ2) is 9.51. The van der Waals surface area contributed by atoms with Crippen LogP contribution in [0.3, 0.4) is 0 Å². The van der Waals surface area contributed by atoms with E-state index in [2.05, 4.69) is 5.32 Å². The van der Waals surface area contributed by atoms with Gasteiger partial charge in [0.05, 0.1) is 16.3 Å². The van der Waals surface area contributed by atoms with Crippen LogP contribution in [0.5, 0.6) is 0 Å². The molecule has 0 bridgehead atoms. The summed E-state index contributed by atoms with van der Waals surface area (Å²) in [6.45, 7) is 4.17. The van der Waals surface area contributed by atoms with Gasteiger partial charge in [-0.15, -0.1) is 0 Å². The van der Waals surface area contributed by atoms with Gasteiger partial charge in [-0.3, -0.25) is 19.1 Å². The van der Waals surface area contributed by atoms with Crippen molar-refractivity contribution in [3.05, 3.63) is 76.2 Å². The number of para-hydroxylation sites is 1. The van der Waals surface area contributed by atoms with Gasteiger partial charge in [0.15, 0.2) is 0 Å². The van der Waals surface area contributed by atoms with Crippen LogP contribution in [0.25, 0.3) is 5.69 Å². The number of carbonyl (C=O) groups is 2. The summed E-state index contributed by atoms with van der Waals surface area (Å²) in [7, 11) is -2.13. The summed E-state index contributed by atoms with van der Waals surface area (Å²) in [4.78, 5) is 39.2. The van der Waals surface area contributed by atoms with E-state index in [1.54, 1.807) is 35.7 Å². The van der Waals surface area contributed by atoms with Crippen molar-refractivity contribution in [2.24, 2.45) is 7.05 Å². The molecule has 0 radical (unpaired) electrons. The fourth-order valence-electron chi connectivity index (χ4n) is 4.09. The van der Waals surface area contributed by atoms with Gasteiger partial charge in [0, 0.05) is 45.7 Å². The fourth-order valence-corrected chi connectivity index (χ4v) is 5.56. The second-order valence-electron chi connectivity index (χ2n) is 8.33. The van der Waals surface area contributed by atoms with Crippen molar-refractivity contribution < 1.29 is 18.0 Å². The number of hydrogen-bond acceptors (Lipinski definition) is 5. The van der Waals surface area contributed by atoms with E-state index in [1.807, 2.05) is 18.2 Å². The highest BCUT2D eigenvalue weighted by atomic mass is 32.2. The van der Waals surface area contributed by atoms with Gasteiger partial charge in [-0.05, 0) is 37.3 Å². The Hall–Kier alpha value is -3.70. The number of piperazine rings is 1. The number of amides is 2. The number of nitrogens with zero attached hydrogens (tertiary/aromatic N) is 4. The standard InChI is InChI=1S/C24H27N5O5S/c1-17-22(24(32)29(26(17)3)20-9-5-4-6-10-20)25-23(31)19-8-7-11-21(16-19)35(33,34)28-14-12-27(13-15-28)18(2)30/h4-11,16H,12-15H2,1-3H3,(H,25,31). The third-order valence-corrected chi connectivity index (χ3v) is 8.11. The maximum Gasteiger partial charge on any atom is 0.295 e. The molecule has 3 aromatic rings. The summed E-state index contributed by atoms with van der Waals surface area (Å²) in [5.41, 5.74) is 1.05. The number of hydrogen-bond donors (Lipinski definition) is 1. The molecule has 0 aliphatic carbocycles. The lowest BCUT2D eigenvalue weighted by atomic mass is 10.2. The molecule has 4 rings (SSSR count). The molecule has 2 amide bonds. The first-order valence-electron chi connectivity index (χ1n) is 11.1. The van der Waals surface area contributed by atoms with Crippen molar-refractivity contribution in [2.75, 3.05) is 31.5 Å². The van der Waals surface area contributed by atoms with Crippen LogP contribution in [0.4, 0.5) is 5.69 Å². The molecule has 0 atom stereocenters. The van der Waals surface area contributed by atoms with Crippen molar-refractivity contribution in [3.63, 3.8) is 0 Å². The number of sulfonamides is 1. The van der Waals surface area contributed by atoms with Crippen LogP contribution in [-0.4, -0.2) is 65.0 Å². The zero-order valence-corrected chi connectivity index (χ0v) is 20.6. The quantitative estimate of drug-likeness (QED) is 0.575. The first-order valence-corrected chi connectivity index (χ1v) is 12.6. The summed E-state index contributed by atoms with van der Waals surface area (Å²) in [5.74, 6) is -0.683. The lowest BCUT2D eigenvalue weighted by molar-refractivity contribution is -0.129. The van der Waals surface area contributed by atoms with E-state index < -0.39 is 21.5 Å². The van der Waals surface area contributed by atoms with Gasteiger partial charge >= 0.3 is 0 Å². The van der Waals surface area contributed by atoms with Crippen LogP contribution in [0.1, 0.15) is 23.0 Å². The highest BCUT2D eigenvalue weighted by molar-refractivity contribution is 7.89. The van der Waals surface area contributed by atoms with Crippen LogP contribution >= 0.6 is 0 Å². The Morgan fingerprint density at radius 3 is 2.23 bits per heavy atom. The smallest absolute Gasteiger partial charge is 0.295 e. The summed E-state index contributed by atoms with van der Waals surface area (Å²) in [5, 5.41) is 2.66. The Kier molecular flexibility index (Phi) is 6.64. The SMILES string of the molecule is CC(=O)N1CCN(S(=O)(=O)c2cccc(C(=O)Nc3c(C)n(C)n(-c4ccccc4)c3=O)c2)CC1. The zero-order valence-electron chi connectivity index (χ0n) is 19.8. The third-order valence-electron chi connectivity index (χ3n) is 6.21. The summed E-state index contributed by atoms with van der Waals surface area (Å²) >= 11 is 0. The zero-order chi connectivity index (χ0) is 25.3. The third kappa shape index (κ3) is 4.64. The molecule has 1 aliphatic rings. The molecule has 1 saturated heterocycles. The van der Waals surface area contributed by atoms with E-state index in [1.165, 1.54) is 40.2 Å². The Labute approximate surface area is 203 Å². The van der Waals surface area contributed by atoms with Crippen molar-refractivity contribution in [3.8, 4) is 5.69 Å². The number of benzene rings is 2. The van der Waals surface area contributed by atoms with Gasteiger partial charge in [-0.2, -0.15) is 4.31 Å². The predicted octanol–water partition coefficient (Wildman–Crippen LogP) is 1.59. The average Bonchev–Trinajstić information content (AvgIpc) is 3.07. The van der Waals surface area contributed by atoms with Gasteiger partial charge in [-0.25, -0.2) is 13.1 Å². The number of carbonyl (C=O) groups excluding carboxylic acids is 2. The van der Waals surface area contributed by atoms with E-state index in [-0.39, 0.29) is 35.1 Å². The molecule has 2 heterocycles. The summed E-state index contributed by atoms with van der Waals surface area (Å²) in [6.07, 6.45) is 0. The van der Waals surface area contributed by atoms with Gasteiger partial charge in [0.2, 0.25) is 15.9 Å². The molecule has 10 nitrogen and oxygen atoms in total. The van der Waals surface area contributed by atoms with Crippen LogP contribution in [0.15, 0.2) is 64.3 Å². The van der Waals surface area contributed by atoms with Gasteiger partial charge in [0.25, 0.3) is 11.5 Å². The number of rotatable bonds is 5. The van der Waals surface area contributed by atoms with Crippen molar-refractivity contribution in [2.45, 2.75) is 18.7 Å². The van der Waals surface area contributed by atoms with E-state index in [0.717, 1.165) is 0 Å². The molecule has 184 valence electrons. The Bertz CT molecular complexity index is 1430. The maximum atomic E-state index is 13.1. The normalized spacial score (nSPS) is 14.7.